The molecule has 0 radical (unpaired) electrons. The lowest BCUT2D eigenvalue weighted by Gasteiger charge is -2.29. The molecular weight excluding hydrogens is 475 g/mol. The van der Waals surface area contributed by atoms with Gasteiger partial charge in [0.25, 0.3) is 5.56 Å². The van der Waals surface area contributed by atoms with Gasteiger partial charge in [-0.25, -0.2) is 4.39 Å². The molecule has 1 aliphatic heterocycles. The van der Waals surface area contributed by atoms with Crippen LogP contribution in [0.1, 0.15) is 5.56 Å². The molecule has 0 fully saturated rings. The van der Waals surface area contributed by atoms with Crippen LogP contribution in [-0.4, -0.2) is 54.3 Å². The largest absolute Gasteiger partial charge is 0.507 e. The number of benzene rings is 2. The first-order chi connectivity index (χ1) is 16.7. The zero-order valence-electron chi connectivity index (χ0n) is 19.1. The van der Waals surface area contributed by atoms with Crippen molar-refractivity contribution in [1.82, 2.24) is 9.47 Å². The number of aromatic nitrogens is 1. The lowest BCUT2D eigenvalue weighted by molar-refractivity contribution is -0.124. The van der Waals surface area contributed by atoms with Gasteiger partial charge in [0, 0.05) is 32.6 Å². The van der Waals surface area contributed by atoms with Gasteiger partial charge in [-0.3, -0.25) is 9.59 Å². The number of nitriles is 1. The van der Waals surface area contributed by atoms with Gasteiger partial charge in [0.05, 0.1) is 33.9 Å². The van der Waals surface area contributed by atoms with Crippen LogP contribution >= 0.6 is 11.6 Å². The Balaban J connectivity index is 2.00. The molecule has 3 aromatic rings. The molecule has 180 valence electrons. The molecule has 1 aliphatic rings. The molecule has 0 atom stereocenters. The first kappa shape index (κ1) is 24.1. The number of ether oxygens (including phenoxy) is 1. The van der Waals surface area contributed by atoms with Gasteiger partial charge >= 0.3 is 0 Å². The van der Waals surface area contributed by atoms with Gasteiger partial charge in [0.1, 0.15) is 29.8 Å². The molecule has 10 heteroatoms. The molecule has 0 unspecified atom stereocenters. The molecule has 0 aliphatic carbocycles. The van der Waals surface area contributed by atoms with Gasteiger partial charge in [-0.2, -0.15) is 5.26 Å². The maximum Gasteiger partial charge on any atom is 0.271 e. The summed E-state index contributed by atoms with van der Waals surface area (Å²) in [5.41, 5.74) is 0.0493. The van der Waals surface area contributed by atoms with E-state index in [9.17, 15) is 24.3 Å². The summed E-state index contributed by atoms with van der Waals surface area (Å²) >= 11 is 6.63. The monoisotopic (exact) mass is 496 g/mol. The van der Waals surface area contributed by atoms with E-state index >= 15 is 0 Å². The van der Waals surface area contributed by atoms with Crippen molar-refractivity contribution in [1.29, 1.82) is 5.26 Å². The number of anilines is 1. The van der Waals surface area contributed by atoms with Gasteiger partial charge in [-0.05, 0) is 24.3 Å². The Hall–Kier alpha value is -4.03. The summed E-state index contributed by atoms with van der Waals surface area (Å²) in [6.07, 6.45) is 1.20. The Kier molecular flexibility index (Phi) is 6.41. The molecule has 0 spiro atoms. The average molecular weight is 497 g/mol. The van der Waals surface area contributed by atoms with Gasteiger partial charge in [-0.1, -0.05) is 24.2 Å². The highest BCUT2D eigenvalue weighted by atomic mass is 35.5. The number of hydrogen-bond donors (Lipinski definition) is 1. The fraction of sp³-hybridized carbons (Fsp3) is 0.240. The molecule has 2 heterocycles. The van der Waals surface area contributed by atoms with Gasteiger partial charge in [0.2, 0.25) is 5.91 Å². The van der Waals surface area contributed by atoms with Gasteiger partial charge < -0.3 is 24.2 Å². The van der Waals surface area contributed by atoms with Crippen LogP contribution in [0.15, 0.2) is 41.7 Å². The van der Waals surface area contributed by atoms with Crippen molar-refractivity contribution in [3.05, 3.63) is 63.7 Å². The number of hydrogen-bond acceptors (Lipinski definition) is 6. The minimum Gasteiger partial charge on any atom is -0.507 e. The fourth-order valence-corrected chi connectivity index (χ4v) is 4.59. The summed E-state index contributed by atoms with van der Waals surface area (Å²) in [7, 11) is 3.32. The minimum atomic E-state index is -0.702. The van der Waals surface area contributed by atoms with E-state index in [0.29, 0.717) is 29.7 Å². The lowest BCUT2D eigenvalue weighted by Crippen LogP contribution is -2.36. The highest BCUT2D eigenvalue weighted by Crippen LogP contribution is 2.48. The van der Waals surface area contributed by atoms with E-state index in [-0.39, 0.29) is 52.3 Å². The lowest BCUT2D eigenvalue weighted by atomic mass is 9.97. The molecule has 1 aromatic heterocycles. The van der Waals surface area contributed by atoms with Crippen LogP contribution in [0.25, 0.3) is 22.0 Å². The number of carbonyl (C=O) groups is 1. The van der Waals surface area contributed by atoms with Crippen LogP contribution in [0, 0.1) is 17.1 Å². The van der Waals surface area contributed by atoms with Crippen LogP contribution in [0.3, 0.4) is 0 Å². The highest BCUT2D eigenvalue weighted by molar-refractivity contribution is 6.35. The third-order valence-electron chi connectivity index (χ3n) is 6.05. The second-order valence-corrected chi connectivity index (χ2v) is 8.53. The zero-order valence-corrected chi connectivity index (χ0v) is 19.9. The van der Waals surface area contributed by atoms with Crippen molar-refractivity contribution in [3.63, 3.8) is 0 Å². The van der Waals surface area contributed by atoms with Crippen LogP contribution in [0.4, 0.5) is 10.1 Å². The summed E-state index contributed by atoms with van der Waals surface area (Å²) in [4.78, 5) is 28.4. The fourth-order valence-electron chi connectivity index (χ4n) is 4.30. The Morgan fingerprint density at radius 1 is 1.37 bits per heavy atom. The molecular formula is C25H22ClFN4O4. The van der Waals surface area contributed by atoms with Gasteiger partial charge in [-0.15, -0.1) is 0 Å². The summed E-state index contributed by atoms with van der Waals surface area (Å²) in [6.45, 7) is 4.35. The molecule has 0 saturated carbocycles. The number of aromatic hydroxyl groups is 1. The van der Waals surface area contributed by atoms with E-state index in [0.717, 1.165) is 0 Å². The number of halogens is 2. The summed E-state index contributed by atoms with van der Waals surface area (Å²) in [6, 6.07) is 7.44. The normalized spacial score (nSPS) is 12.1. The number of phenols is 1. The smallest absolute Gasteiger partial charge is 0.271 e. The highest BCUT2D eigenvalue weighted by Gasteiger charge is 2.30. The van der Waals surface area contributed by atoms with Crippen molar-refractivity contribution in [2.24, 2.45) is 0 Å². The van der Waals surface area contributed by atoms with E-state index in [4.69, 9.17) is 16.3 Å². The van der Waals surface area contributed by atoms with Crippen LogP contribution in [0.2, 0.25) is 5.02 Å². The number of phenolic OH excluding ortho intramolecular Hbond substituents is 1. The number of pyridine rings is 1. The molecule has 8 nitrogen and oxygen atoms in total. The molecule has 4 rings (SSSR count). The average Bonchev–Trinajstić information content (AvgIpc) is 2.84. The maximum absolute atomic E-state index is 14.8. The van der Waals surface area contributed by atoms with E-state index < -0.39 is 11.4 Å². The zero-order chi connectivity index (χ0) is 25.4. The predicted octanol–water partition coefficient (Wildman–Crippen LogP) is 3.51. The first-order valence-corrected chi connectivity index (χ1v) is 11.1. The van der Waals surface area contributed by atoms with Crippen LogP contribution < -0.4 is 15.2 Å². The number of amides is 1. The Labute approximate surface area is 205 Å². The second-order valence-electron chi connectivity index (χ2n) is 8.12. The van der Waals surface area contributed by atoms with Crippen molar-refractivity contribution in [2.75, 3.05) is 38.7 Å². The molecule has 1 amide bonds. The number of rotatable bonds is 6. The van der Waals surface area contributed by atoms with E-state index in [2.05, 4.69) is 6.58 Å². The molecule has 0 bridgehead atoms. The molecule has 1 N–H and O–H groups in total. The van der Waals surface area contributed by atoms with Crippen molar-refractivity contribution < 1.29 is 19.0 Å². The SMILES string of the molecule is C=CC(=O)N(C)CCN(C)c1c(C#N)c(=O)n2c3c(c(-c4c(O)cccc4F)c(Cl)cc13)OCC2. The Morgan fingerprint density at radius 3 is 2.77 bits per heavy atom. The number of likely N-dealkylation sites (N-methyl/N-ethyl adjacent to an activating group) is 2. The molecule has 2 aromatic carbocycles. The van der Waals surface area contributed by atoms with Gasteiger partial charge in [0.15, 0.2) is 5.75 Å². The maximum atomic E-state index is 14.8. The van der Waals surface area contributed by atoms with Crippen LogP contribution in [0.5, 0.6) is 11.5 Å². The second kappa shape index (κ2) is 9.31. The van der Waals surface area contributed by atoms with Crippen molar-refractivity contribution >= 4 is 34.1 Å². The molecule has 0 saturated heterocycles. The summed E-state index contributed by atoms with van der Waals surface area (Å²) in [5, 5.41) is 20.8. The van der Waals surface area contributed by atoms with E-state index in [1.54, 1.807) is 19.0 Å². The number of carbonyl (C=O) groups excluding carboxylic acids is 1. The molecule has 35 heavy (non-hydrogen) atoms. The van der Waals surface area contributed by atoms with Crippen molar-refractivity contribution in [3.8, 4) is 28.7 Å². The Bertz CT molecular complexity index is 1460. The third kappa shape index (κ3) is 3.96. The predicted molar refractivity (Wildman–Crippen MR) is 132 cm³/mol. The summed E-state index contributed by atoms with van der Waals surface area (Å²) < 4.78 is 22.1. The summed E-state index contributed by atoms with van der Waals surface area (Å²) in [5.74, 6) is -1.14. The first-order valence-electron chi connectivity index (χ1n) is 10.7. The Morgan fingerprint density at radius 2 is 2.11 bits per heavy atom. The number of nitrogens with zero attached hydrogens (tertiary/aromatic N) is 4. The third-order valence-corrected chi connectivity index (χ3v) is 6.34. The van der Waals surface area contributed by atoms with Crippen molar-refractivity contribution in [2.45, 2.75) is 6.54 Å². The van der Waals surface area contributed by atoms with Crippen LogP contribution in [-0.2, 0) is 11.3 Å². The standard InChI is InChI=1S/C25H22ClFN4O4/c1-4-19(33)29(2)8-9-30(3)22-14-12-16(26)20(21-17(27)6-5-7-18(21)32)24-23(14)31(10-11-35-24)25(34)15(22)13-28/h4-7,12,32H,1,8-11H2,2-3H3. The quantitative estimate of drug-likeness (QED) is 0.524. The van der Waals surface area contributed by atoms with E-state index in [1.807, 2.05) is 6.07 Å². The minimum absolute atomic E-state index is 0.0805. The topological polar surface area (TPSA) is 98.8 Å². The van der Waals surface area contributed by atoms with E-state index in [1.165, 1.54) is 39.8 Å².